The molecule has 2 atom stereocenters. The summed E-state index contributed by atoms with van der Waals surface area (Å²) in [7, 11) is 0. The normalized spacial score (nSPS) is 25.3. The number of hydrogen-bond donors (Lipinski definition) is 1. The van der Waals surface area contributed by atoms with Crippen LogP contribution in [0.15, 0.2) is 0 Å². The molecule has 18 heavy (non-hydrogen) atoms. The van der Waals surface area contributed by atoms with Gasteiger partial charge in [-0.1, -0.05) is 13.3 Å². The van der Waals surface area contributed by atoms with Crippen LogP contribution in [0.1, 0.15) is 51.9 Å². The lowest BCUT2D eigenvalue weighted by molar-refractivity contribution is -0.135. The third-order valence-electron chi connectivity index (χ3n) is 3.30. The van der Waals surface area contributed by atoms with Gasteiger partial charge in [0, 0.05) is 19.1 Å². The molecule has 0 bridgehead atoms. The lowest BCUT2D eigenvalue weighted by Crippen LogP contribution is -2.39. The minimum atomic E-state index is -4.01. The Bertz CT molecular complexity index is 219. The highest BCUT2D eigenvalue weighted by atomic mass is 19.4. The molecule has 1 fully saturated rings. The third kappa shape index (κ3) is 7.21. The van der Waals surface area contributed by atoms with E-state index in [0.717, 1.165) is 32.3 Å². The Morgan fingerprint density at radius 3 is 2.72 bits per heavy atom. The zero-order chi connectivity index (χ0) is 13.4. The summed E-state index contributed by atoms with van der Waals surface area (Å²) < 4.78 is 41.4. The molecule has 0 aromatic heterocycles. The summed E-state index contributed by atoms with van der Waals surface area (Å²) in [5.41, 5.74) is 0. The fraction of sp³-hybridized carbons (Fsp3) is 1.00. The van der Waals surface area contributed by atoms with E-state index in [1.165, 1.54) is 0 Å². The van der Waals surface area contributed by atoms with Crippen molar-refractivity contribution in [1.82, 2.24) is 5.32 Å². The van der Waals surface area contributed by atoms with Gasteiger partial charge in [0.15, 0.2) is 0 Å². The van der Waals surface area contributed by atoms with Crippen LogP contribution in [0.3, 0.4) is 0 Å². The monoisotopic (exact) mass is 267 g/mol. The Hall–Kier alpha value is -0.290. The standard InChI is InChI=1S/C13H24F3NO/c1-2-5-12-10-11(6-9-18-12)17-8-4-3-7-13(14,15)16/h11-12,17H,2-10H2,1H3. The number of ether oxygens (including phenoxy) is 1. The first-order valence-electron chi connectivity index (χ1n) is 6.93. The van der Waals surface area contributed by atoms with Gasteiger partial charge in [0.25, 0.3) is 0 Å². The molecule has 0 amide bonds. The van der Waals surface area contributed by atoms with Crippen LogP contribution in [-0.2, 0) is 4.74 Å². The van der Waals surface area contributed by atoms with E-state index in [9.17, 15) is 13.2 Å². The summed E-state index contributed by atoms with van der Waals surface area (Å²) in [6, 6.07) is 0.418. The van der Waals surface area contributed by atoms with Crippen molar-refractivity contribution in [2.24, 2.45) is 0 Å². The molecule has 0 saturated carbocycles. The number of rotatable bonds is 7. The van der Waals surface area contributed by atoms with Gasteiger partial charge in [-0.25, -0.2) is 0 Å². The maximum absolute atomic E-state index is 11.9. The van der Waals surface area contributed by atoms with Crippen LogP contribution in [0.5, 0.6) is 0 Å². The second kappa shape index (κ2) is 8.00. The highest BCUT2D eigenvalue weighted by molar-refractivity contribution is 4.76. The maximum Gasteiger partial charge on any atom is 0.389 e. The van der Waals surface area contributed by atoms with Crippen LogP contribution in [0.4, 0.5) is 13.2 Å². The Labute approximate surface area is 107 Å². The SMILES string of the molecule is CCCC1CC(NCCCCC(F)(F)F)CCO1. The number of alkyl halides is 3. The summed E-state index contributed by atoms with van der Waals surface area (Å²) >= 11 is 0. The average Bonchev–Trinajstić information content (AvgIpc) is 2.28. The Morgan fingerprint density at radius 1 is 1.28 bits per heavy atom. The van der Waals surface area contributed by atoms with Crippen molar-refractivity contribution in [3.05, 3.63) is 0 Å². The van der Waals surface area contributed by atoms with Gasteiger partial charge in [-0.2, -0.15) is 13.2 Å². The lowest BCUT2D eigenvalue weighted by atomic mass is 10.00. The predicted octanol–water partition coefficient (Wildman–Crippen LogP) is 3.66. The fourth-order valence-electron chi connectivity index (χ4n) is 2.35. The van der Waals surface area contributed by atoms with Crippen molar-refractivity contribution in [2.75, 3.05) is 13.2 Å². The van der Waals surface area contributed by atoms with Crippen LogP contribution < -0.4 is 5.32 Å². The molecule has 2 unspecified atom stereocenters. The smallest absolute Gasteiger partial charge is 0.378 e. The zero-order valence-corrected chi connectivity index (χ0v) is 11.1. The molecule has 1 rings (SSSR count). The topological polar surface area (TPSA) is 21.3 Å². The molecular weight excluding hydrogens is 243 g/mol. The van der Waals surface area contributed by atoms with Gasteiger partial charge in [0.05, 0.1) is 6.10 Å². The molecule has 2 nitrogen and oxygen atoms in total. The highest BCUT2D eigenvalue weighted by Crippen LogP contribution is 2.22. The summed E-state index contributed by atoms with van der Waals surface area (Å²) in [5, 5.41) is 3.35. The van der Waals surface area contributed by atoms with Crippen molar-refractivity contribution < 1.29 is 17.9 Å². The second-order valence-corrected chi connectivity index (χ2v) is 5.03. The van der Waals surface area contributed by atoms with E-state index in [2.05, 4.69) is 12.2 Å². The van der Waals surface area contributed by atoms with E-state index < -0.39 is 12.6 Å². The molecular formula is C13H24F3NO. The van der Waals surface area contributed by atoms with Crippen molar-refractivity contribution in [1.29, 1.82) is 0 Å². The molecule has 1 aliphatic rings. The van der Waals surface area contributed by atoms with Gasteiger partial charge in [-0.05, 0) is 38.6 Å². The van der Waals surface area contributed by atoms with Gasteiger partial charge >= 0.3 is 6.18 Å². The predicted molar refractivity (Wildman–Crippen MR) is 65.6 cm³/mol. The quantitative estimate of drug-likeness (QED) is 0.711. The molecule has 1 aliphatic heterocycles. The molecule has 108 valence electrons. The zero-order valence-electron chi connectivity index (χ0n) is 11.1. The third-order valence-corrected chi connectivity index (χ3v) is 3.30. The molecule has 1 heterocycles. The Kier molecular flexibility index (Phi) is 7.00. The minimum Gasteiger partial charge on any atom is -0.378 e. The summed E-state index contributed by atoms with van der Waals surface area (Å²) in [6.07, 6.45) is 0.623. The number of nitrogens with one attached hydrogen (secondary N) is 1. The molecule has 1 N–H and O–H groups in total. The Balaban J connectivity index is 2.04. The largest absolute Gasteiger partial charge is 0.389 e. The summed E-state index contributed by atoms with van der Waals surface area (Å²) in [5.74, 6) is 0. The summed E-state index contributed by atoms with van der Waals surface area (Å²) in [4.78, 5) is 0. The van der Waals surface area contributed by atoms with Crippen LogP contribution in [0, 0.1) is 0 Å². The number of halogens is 3. The van der Waals surface area contributed by atoms with Crippen molar-refractivity contribution in [3.63, 3.8) is 0 Å². The highest BCUT2D eigenvalue weighted by Gasteiger charge is 2.26. The molecule has 0 aliphatic carbocycles. The van der Waals surface area contributed by atoms with E-state index in [0.29, 0.717) is 25.1 Å². The number of unbranched alkanes of at least 4 members (excludes halogenated alkanes) is 1. The van der Waals surface area contributed by atoms with Crippen molar-refractivity contribution in [2.45, 2.75) is 70.2 Å². The lowest BCUT2D eigenvalue weighted by Gasteiger charge is -2.30. The minimum absolute atomic E-state index is 0.220. The van der Waals surface area contributed by atoms with Gasteiger partial charge < -0.3 is 10.1 Å². The van der Waals surface area contributed by atoms with Crippen LogP contribution in [0.2, 0.25) is 0 Å². The van der Waals surface area contributed by atoms with E-state index >= 15 is 0 Å². The van der Waals surface area contributed by atoms with Gasteiger partial charge in [-0.15, -0.1) is 0 Å². The maximum atomic E-state index is 11.9. The van der Waals surface area contributed by atoms with Crippen LogP contribution in [-0.4, -0.2) is 31.5 Å². The molecule has 0 aromatic carbocycles. The van der Waals surface area contributed by atoms with E-state index in [4.69, 9.17) is 4.74 Å². The first kappa shape index (κ1) is 15.8. The molecule has 0 aromatic rings. The van der Waals surface area contributed by atoms with Gasteiger partial charge in [0.2, 0.25) is 0 Å². The van der Waals surface area contributed by atoms with Gasteiger partial charge in [-0.3, -0.25) is 0 Å². The summed E-state index contributed by atoms with van der Waals surface area (Å²) in [6.45, 7) is 3.59. The molecule has 0 radical (unpaired) electrons. The average molecular weight is 267 g/mol. The second-order valence-electron chi connectivity index (χ2n) is 5.03. The number of hydrogen-bond acceptors (Lipinski definition) is 2. The van der Waals surface area contributed by atoms with Crippen LogP contribution >= 0.6 is 0 Å². The van der Waals surface area contributed by atoms with Crippen molar-refractivity contribution >= 4 is 0 Å². The first-order valence-corrected chi connectivity index (χ1v) is 6.93. The van der Waals surface area contributed by atoms with E-state index in [1.807, 2.05) is 0 Å². The van der Waals surface area contributed by atoms with Crippen molar-refractivity contribution in [3.8, 4) is 0 Å². The first-order chi connectivity index (χ1) is 8.51. The Morgan fingerprint density at radius 2 is 2.06 bits per heavy atom. The van der Waals surface area contributed by atoms with E-state index in [1.54, 1.807) is 0 Å². The molecule has 5 heteroatoms. The molecule has 0 spiro atoms. The van der Waals surface area contributed by atoms with E-state index in [-0.39, 0.29) is 6.42 Å². The fourth-order valence-corrected chi connectivity index (χ4v) is 2.35. The van der Waals surface area contributed by atoms with Crippen LogP contribution in [0.25, 0.3) is 0 Å². The van der Waals surface area contributed by atoms with Gasteiger partial charge in [0.1, 0.15) is 0 Å². The molecule has 1 saturated heterocycles.